The molecule has 54 heavy (non-hydrogen) atoms. The van der Waals surface area contributed by atoms with Gasteiger partial charge in [0.05, 0.1) is 22.5 Å². The standard InChI is InChI=1S/C51H66N2O/c1-3-5-7-9-11-13-15-17-19-21-27-41-31-35-43(36-32-41)47-48(44-37-33-42(34-38-44)28-22-20-18-16-14-12-10-8-6-4-2)50(46-30-24-26-40-53-46)51(54)49(47)45-29-23-25-39-52-45/h23-26,29-40H,3-22,27-28H2,1-2H3. The summed E-state index contributed by atoms with van der Waals surface area (Å²) >= 11 is 0. The van der Waals surface area contributed by atoms with Gasteiger partial charge in [-0.05, 0) is 72.2 Å². The molecular weight excluding hydrogens is 657 g/mol. The first-order chi connectivity index (χ1) is 26.7. The lowest BCUT2D eigenvalue weighted by Gasteiger charge is -2.14. The average molecular weight is 723 g/mol. The van der Waals surface area contributed by atoms with Gasteiger partial charge in [-0.3, -0.25) is 14.8 Å². The molecule has 0 aliphatic heterocycles. The summed E-state index contributed by atoms with van der Waals surface area (Å²) in [5, 5.41) is 0. The topological polar surface area (TPSA) is 42.9 Å². The van der Waals surface area contributed by atoms with Gasteiger partial charge in [0.15, 0.2) is 5.78 Å². The number of hydrogen-bond acceptors (Lipinski definition) is 3. The number of benzene rings is 2. The zero-order chi connectivity index (χ0) is 37.6. The van der Waals surface area contributed by atoms with Crippen LogP contribution >= 0.6 is 0 Å². The van der Waals surface area contributed by atoms with E-state index in [4.69, 9.17) is 9.97 Å². The van der Waals surface area contributed by atoms with E-state index in [2.05, 4.69) is 62.4 Å². The van der Waals surface area contributed by atoms with E-state index < -0.39 is 0 Å². The molecule has 0 fully saturated rings. The van der Waals surface area contributed by atoms with Gasteiger partial charge < -0.3 is 0 Å². The monoisotopic (exact) mass is 723 g/mol. The number of pyridine rings is 2. The van der Waals surface area contributed by atoms with Crippen LogP contribution in [0.5, 0.6) is 0 Å². The fraction of sp³-hybridized carbons (Fsp3) is 0.471. The third-order valence-corrected chi connectivity index (χ3v) is 11.2. The highest BCUT2D eigenvalue weighted by Crippen LogP contribution is 2.49. The van der Waals surface area contributed by atoms with Gasteiger partial charge in [0.25, 0.3) is 0 Å². The van der Waals surface area contributed by atoms with Gasteiger partial charge in [-0.2, -0.15) is 0 Å². The van der Waals surface area contributed by atoms with Crippen LogP contribution in [0.4, 0.5) is 0 Å². The summed E-state index contributed by atoms with van der Waals surface area (Å²) in [4.78, 5) is 24.1. The Hall–Kier alpha value is -4.11. The number of aryl methyl sites for hydroxylation is 2. The molecule has 4 aromatic rings. The minimum Gasteiger partial charge on any atom is -0.288 e. The Morgan fingerprint density at radius 2 is 0.704 bits per heavy atom. The van der Waals surface area contributed by atoms with Crippen LogP contribution in [-0.2, 0) is 17.6 Å². The molecule has 2 heterocycles. The largest absolute Gasteiger partial charge is 0.288 e. The third kappa shape index (κ3) is 12.5. The normalized spacial score (nSPS) is 13.0. The molecule has 0 spiro atoms. The smallest absolute Gasteiger partial charge is 0.198 e. The molecule has 5 rings (SSSR count). The van der Waals surface area contributed by atoms with Crippen LogP contribution < -0.4 is 0 Å². The van der Waals surface area contributed by atoms with Crippen molar-refractivity contribution in [3.63, 3.8) is 0 Å². The highest BCUT2D eigenvalue weighted by atomic mass is 16.1. The number of rotatable bonds is 26. The maximum absolute atomic E-state index is 14.6. The van der Waals surface area contributed by atoms with Gasteiger partial charge >= 0.3 is 0 Å². The second kappa shape index (κ2) is 23.6. The Morgan fingerprint density at radius 3 is 1.02 bits per heavy atom. The van der Waals surface area contributed by atoms with Crippen molar-refractivity contribution in [2.24, 2.45) is 0 Å². The number of carbonyl (C=O) groups excluding carboxylic acids is 1. The molecule has 1 aliphatic rings. The molecule has 1 aliphatic carbocycles. The van der Waals surface area contributed by atoms with Crippen molar-refractivity contribution in [2.45, 2.75) is 155 Å². The number of hydrogen-bond donors (Lipinski definition) is 0. The number of nitrogens with zero attached hydrogens (tertiary/aromatic N) is 2. The van der Waals surface area contributed by atoms with Crippen molar-refractivity contribution in [3.8, 4) is 0 Å². The van der Waals surface area contributed by atoms with Crippen molar-refractivity contribution < 1.29 is 4.79 Å². The van der Waals surface area contributed by atoms with Gasteiger partial charge in [-0.15, -0.1) is 0 Å². The predicted molar refractivity (Wildman–Crippen MR) is 231 cm³/mol. The fourth-order valence-corrected chi connectivity index (χ4v) is 8.00. The number of unbranched alkanes of at least 4 members (excludes halogenated alkanes) is 18. The van der Waals surface area contributed by atoms with Gasteiger partial charge in [0, 0.05) is 23.5 Å². The van der Waals surface area contributed by atoms with Gasteiger partial charge in [0.2, 0.25) is 0 Å². The second-order valence-electron chi connectivity index (χ2n) is 15.5. The summed E-state index contributed by atoms with van der Waals surface area (Å²) in [6, 6.07) is 29.6. The van der Waals surface area contributed by atoms with E-state index in [9.17, 15) is 4.79 Å². The fourth-order valence-electron chi connectivity index (χ4n) is 8.00. The SMILES string of the molecule is CCCCCCCCCCCCc1ccc(C2=C(c3ccccn3)C(=O)C(c3ccccn3)=C2c2ccc(CCCCCCCCCCCC)cc2)cc1. The van der Waals surface area contributed by atoms with Crippen molar-refractivity contribution in [1.82, 2.24) is 9.97 Å². The number of Topliss-reactive ketones (excluding diaryl/α,β-unsaturated/α-hetero) is 1. The predicted octanol–water partition coefficient (Wildman–Crippen LogP) is 14.5. The molecule has 0 N–H and O–H groups in total. The van der Waals surface area contributed by atoms with Crippen LogP contribution in [0.3, 0.4) is 0 Å². The molecule has 286 valence electrons. The van der Waals surface area contributed by atoms with Crippen LogP contribution in [-0.4, -0.2) is 15.8 Å². The maximum Gasteiger partial charge on any atom is 0.198 e. The van der Waals surface area contributed by atoms with E-state index >= 15 is 0 Å². The summed E-state index contributed by atoms with van der Waals surface area (Å²) in [5.74, 6) is -0.0127. The van der Waals surface area contributed by atoms with Crippen molar-refractivity contribution in [2.75, 3.05) is 0 Å². The van der Waals surface area contributed by atoms with Crippen LogP contribution in [0.15, 0.2) is 97.3 Å². The van der Waals surface area contributed by atoms with Crippen LogP contribution in [0.1, 0.15) is 176 Å². The highest BCUT2D eigenvalue weighted by Gasteiger charge is 2.36. The lowest BCUT2D eigenvalue weighted by molar-refractivity contribution is -0.108. The lowest BCUT2D eigenvalue weighted by Crippen LogP contribution is -2.04. The van der Waals surface area contributed by atoms with Gasteiger partial charge in [-0.1, -0.05) is 190 Å². The van der Waals surface area contributed by atoms with E-state index in [1.165, 1.54) is 140 Å². The molecule has 2 aromatic heterocycles. The maximum atomic E-state index is 14.6. The van der Waals surface area contributed by atoms with Gasteiger partial charge in [0.1, 0.15) is 0 Å². The van der Waals surface area contributed by atoms with Crippen molar-refractivity contribution >= 4 is 28.1 Å². The third-order valence-electron chi connectivity index (χ3n) is 11.2. The van der Waals surface area contributed by atoms with Gasteiger partial charge in [-0.25, -0.2) is 0 Å². The molecule has 0 amide bonds. The van der Waals surface area contributed by atoms with Crippen molar-refractivity contribution in [3.05, 3.63) is 131 Å². The van der Waals surface area contributed by atoms with Crippen LogP contribution in [0, 0.1) is 0 Å². The number of carbonyl (C=O) groups is 1. The van der Waals surface area contributed by atoms with E-state index in [1.807, 2.05) is 36.4 Å². The quantitative estimate of drug-likeness (QED) is 0.0606. The molecule has 0 atom stereocenters. The Morgan fingerprint density at radius 1 is 0.370 bits per heavy atom. The Balaban J connectivity index is 1.30. The lowest BCUT2D eigenvalue weighted by atomic mass is 9.89. The average Bonchev–Trinajstić information content (AvgIpc) is 3.52. The molecule has 0 saturated heterocycles. The van der Waals surface area contributed by atoms with Crippen LogP contribution in [0.25, 0.3) is 22.3 Å². The molecule has 3 nitrogen and oxygen atoms in total. The first kappa shape index (κ1) is 41.1. The molecule has 0 unspecified atom stereocenters. The molecule has 0 bridgehead atoms. The Bertz CT molecular complexity index is 1590. The summed E-state index contributed by atoms with van der Waals surface area (Å²) in [6.45, 7) is 4.57. The minimum atomic E-state index is -0.0127. The molecule has 0 saturated carbocycles. The molecular formula is C51H66N2O. The zero-order valence-electron chi connectivity index (χ0n) is 33.6. The summed E-state index contributed by atoms with van der Waals surface area (Å²) in [6.07, 6.45) is 32.7. The van der Waals surface area contributed by atoms with E-state index in [0.29, 0.717) is 22.5 Å². The van der Waals surface area contributed by atoms with Crippen molar-refractivity contribution in [1.29, 1.82) is 0 Å². The Labute approximate surface area is 327 Å². The Kier molecular flexibility index (Phi) is 18.0. The first-order valence-corrected chi connectivity index (χ1v) is 21.8. The van der Waals surface area contributed by atoms with E-state index in [0.717, 1.165) is 35.1 Å². The van der Waals surface area contributed by atoms with Crippen LogP contribution in [0.2, 0.25) is 0 Å². The molecule has 2 aromatic carbocycles. The summed E-state index contributed by atoms with van der Waals surface area (Å²) in [5.41, 5.74) is 9.42. The number of ketones is 1. The number of allylic oxidation sites excluding steroid dienone is 4. The summed E-state index contributed by atoms with van der Waals surface area (Å²) in [7, 11) is 0. The number of aromatic nitrogens is 2. The molecule has 3 heteroatoms. The second-order valence-corrected chi connectivity index (χ2v) is 15.5. The zero-order valence-corrected chi connectivity index (χ0v) is 33.6. The van der Waals surface area contributed by atoms with E-state index in [1.54, 1.807) is 12.4 Å². The summed E-state index contributed by atoms with van der Waals surface area (Å²) < 4.78 is 0. The van der Waals surface area contributed by atoms with E-state index in [-0.39, 0.29) is 5.78 Å². The molecule has 0 radical (unpaired) electrons. The minimum absolute atomic E-state index is 0.0127. The first-order valence-electron chi connectivity index (χ1n) is 21.8. The highest BCUT2D eigenvalue weighted by molar-refractivity contribution is 6.58.